The topological polar surface area (TPSA) is 111 Å². The first-order chi connectivity index (χ1) is 9.36. The van der Waals surface area contributed by atoms with E-state index in [1.165, 1.54) is 12.1 Å². The van der Waals surface area contributed by atoms with Crippen LogP contribution in [0.2, 0.25) is 15.1 Å². The molecule has 4 N–H and O–H groups in total. The zero-order valence-corrected chi connectivity index (χ0v) is 12.0. The molecule has 0 aliphatic rings. The normalized spacial score (nSPS) is 10.3. The molecule has 0 unspecified atom stereocenters. The van der Waals surface area contributed by atoms with Gasteiger partial charge in [0, 0.05) is 5.02 Å². The largest absolute Gasteiger partial charge is 0.382 e. The Labute approximate surface area is 128 Å². The van der Waals surface area contributed by atoms with Crippen molar-refractivity contribution in [2.75, 3.05) is 5.73 Å². The average Bonchev–Trinajstić information content (AvgIpc) is 2.65. The third-order valence-corrected chi connectivity index (χ3v) is 3.25. The van der Waals surface area contributed by atoms with Gasteiger partial charge in [0.05, 0.1) is 10.0 Å². The number of halogens is 3. The zero-order valence-electron chi connectivity index (χ0n) is 9.69. The van der Waals surface area contributed by atoms with Gasteiger partial charge in [-0.25, -0.2) is 4.68 Å². The van der Waals surface area contributed by atoms with E-state index in [0.717, 1.165) is 4.68 Å². The molecule has 0 fully saturated rings. The van der Waals surface area contributed by atoms with Gasteiger partial charge in [0.1, 0.15) is 23.1 Å². The van der Waals surface area contributed by atoms with Crippen molar-refractivity contribution in [1.82, 2.24) is 9.78 Å². The van der Waals surface area contributed by atoms with Crippen molar-refractivity contribution >= 4 is 46.5 Å². The number of benzene rings is 1. The lowest BCUT2D eigenvalue weighted by Crippen LogP contribution is -2.13. The SMILES string of the molecule is N#Cc1c(C(N)=O)nn(-c2c(Cl)cc(Cl)cc2Cl)c1N. The maximum atomic E-state index is 11.3. The first-order valence-electron chi connectivity index (χ1n) is 5.10. The second-order valence-corrected chi connectivity index (χ2v) is 4.97. The molecule has 1 amide bonds. The number of rotatable bonds is 2. The molecule has 20 heavy (non-hydrogen) atoms. The number of primary amides is 1. The molecule has 0 aliphatic carbocycles. The Morgan fingerprint density at radius 2 is 1.85 bits per heavy atom. The van der Waals surface area contributed by atoms with Gasteiger partial charge in [-0.05, 0) is 12.1 Å². The van der Waals surface area contributed by atoms with E-state index < -0.39 is 5.91 Å². The highest BCUT2D eigenvalue weighted by atomic mass is 35.5. The molecule has 0 bridgehead atoms. The Bertz CT molecular complexity index is 739. The van der Waals surface area contributed by atoms with Gasteiger partial charge in [-0.3, -0.25) is 4.79 Å². The van der Waals surface area contributed by atoms with Crippen LogP contribution < -0.4 is 11.5 Å². The van der Waals surface area contributed by atoms with E-state index >= 15 is 0 Å². The molecule has 0 aliphatic heterocycles. The van der Waals surface area contributed by atoms with E-state index in [-0.39, 0.29) is 32.8 Å². The molecule has 0 saturated heterocycles. The number of nitriles is 1. The number of nitrogens with zero attached hydrogens (tertiary/aromatic N) is 3. The molecule has 102 valence electrons. The number of anilines is 1. The number of aromatic nitrogens is 2. The van der Waals surface area contributed by atoms with Crippen molar-refractivity contribution in [1.29, 1.82) is 5.26 Å². The number of carbonyl (C=O) groups is 1. The van der Waals surface area contributed by atoms with Crippen LogP contribution in [-0.2, 0) is 0 Å². The second-order valence-electron chi connectivity index (χ2n) is 3.71. The van der Waals surface area contributed by atoms with Crippen molar-refractivity contribution < 1.29 is 4.79 Å². The van der Waals surface area contributed by atoms with Crippen LogP contribution >= 0.6 is 34.8 Å². The lowest BCUT2D eigenvalue weighted by molar-refractivity contribution is 0.0995. The molecule has 0 radical (unpaired) electrons. The zero-order chi connectivity index (χ0) is 15.0. The molecule has 1 aromatic carbocycles. The average molecular weight is 331 g/mol. The third kappa shape index (κ3) is 2.27. The molecule has 0 saturated carbocycles. The van der Waals surface area contributed by atoms with Gasteiger partial charge < -0.3 is 11.5 Å². The van der Waals surface area contributed by atoms with Gasteiger partial charge in [0.15, 0.2) is 5.69 Å². The van der Waals surface area contributed by atoms with Crippen LogP contribution in [0.15, 0.2) is 12.1 Å². The number of hydrogen-bond donors (Lipinski definition) is 2. The first kappa shape index (κ1) is 14.5. The van der Waals surface area contributed by atoms with Crippen LogP contribution in [0.3, 0.4) is 0 Å². The maximum absolute atomic E-state index is 11.3. The minimum absolute atomic E-state index is 0.0903. The quantitative estimate of drug-likeness (QED) is 0.880. The molecular weight excluding hydrogens is 325 g/mol. The summed E-state index contributed by atoms with van der Waals surface area (Å²) in [6, 6.07) is 4.63. The highest BCUT2D eigenvalue weighted by Gasteiger charge is 2.23. The minimum atomic E-state index is -0.881. The Morgan fingerprint density at radius 1 is 1.30 bits per heavy atom. The van der Waals surface area contributed by atoms with Gasteiger partial charge in [-0.15, -0.1) is 0 Å². The third-order valence-electron chi connectivity index (χ3n) is 2.46. The lowest BCUT2D eigenvalue weighted by Gasteiger charge is -2.09. The summed E-state index contributed by atoms with van der Waals surface area (Å²) >= 11 is 17.9. The predicted octanol–water partition coefficient (Wildman–Crippen LogP) is 2.39. The standard InChI is InChI=1S/C11H6Cl3N5O/c12-4-1-6(13)9(7(14)2-4)19-10(16)5(3-15)8(18-19)11(17)20/h1-2H,16H2,(H2,17,20). The summed E-state index contributed by atoms with van der Waals surface area (Å²) in [5.41, 5.74) is 10.7. The molecule has 9 heteroatoms. The Hall–Kier alpha value is -1.94. The van der Waals surface area contributed by atoms with E-state index in [2.05, 4.69) is 5.10 Å². The highest BCUT2D eigenvalue weighted by molar-refractivity contribution is 6.40. The maximum Gasteiger partial charge on any atom is 0.270 e. The number of nitrogens with two attached hydrogens (primary N) is 2. The van der Waals surface area contributed by atoms with Gasteiger partial charge in [-0.1, -0.05) is 34.8 Å². The summed E-state index contributed by atoms with van der Waals surface area (Å²) in [6.45, 7) is 0. The fourth-order valence-electron chi connectivity index (χ4n) is 1.62. The molecule has 1 aromatic heterocycles. The molecule has 2 aromatic rings. The molecular formula is C11H6Cl3N5O. The van der Waals surface area contributed by atoms with E-state index in [1.807, 2.05) is 0 Å². The van der Waals surface area contributed by atoms with Crippen LogP contribution in [0.5, 0.6) is 0 Å². The van der Waals surface area contributed by atoms with E-state index in [4.69, 9.17) is 51.5 Å². The summed E-state index contributed by atoms with van der Waals surface area (Å²) in [7, 11) is 0. The van der Waals surface area contributed by atoms with Crippen LogP contribution in [0.25, 0.3) is 5.69 Å². The van der Waals surface area contributed by atoms with Crippen LogP contribution in [0.4, 0.5) is 5.82 Å². The van der Waals surface area contributed by atoms with Crippen molar-refractivity contribution in [2.45, 2.75) is 0 Å². The molecule has 6 nitrogen and oxygen atoms in total. The van der Waals surface area contributed by atoms with Crippen LogP contribution in [0, 0.1) is 11.3 Å². The molecule has 1 heterocycles. The van der Waals surface area contributed by atoms with E-state index in [0.29, 0.717) is 5.02 Å². The Morgan fingerprint density at radius 3 is 2.25 bits per heavy atom. The lowest BCUT2D eigenvalue weighted by atomic mass is 10.2. The number of nitrogen functional groups attached to an aromatic ring is 1. The van der Waals surface area contributed by atoms with Crippen molar-refractivity contribution in [3.8, 4) is 11.8 Å². The molecule has 2 rings (SSSR count). The summed E-state index contributed by atoms with van der Waals surface area (Å²) in [5.74, 6) is -0.972. The Balaban J connectivity index is 2.79. The first-order valence-corrected chi connectivity index (χ1v) is 6.23. The minimum Gasteiger partial charge on any atom is -0.382 e. The smallest absolute Gasteiger partial charge is 0.270 e. The van der Waals surface area contributed by atoms with Crippen molar-refractivity contribution in [2.24, 2.45) is 5.73 Å². The van der Waals surface area contributed by atoms with E-state index in [9.17, 15) is 4.79 Å². The summed E-state index contributed by atoms with van der Waals surface area (Å²) < 4.78 is 1.08. The molecule has 0 spiro atoms. The van der Waals surface area contributed by atoms with E-state index in [1.54, 1.807) is 6.07 Å². The second kappa shape index (κ2) is 5.21. The van der Waals surface area contributed by atoms with Gasteiger partial charge in [-0.2, -0.15) is 10.4 Å². The van der Waals surface area contributed by atoms with Crippen LogP contribution in [-0.4, -0.2) is 15.7 Å². The number of amides is 1. The van der Waals surface area contributed by atoms with Gasteiger partial charge in [0.2, 0.25) is 0 Å². The van der Waals surface area contributed by atoms with Crippen molar-refractivity contribution in [3.63, 3.8) is 0 Å². The van der Waals surface area contributed by atoms with Crippen LogP contribution in [0.1, 0.15) is 16.1 Å². The molecule has 0 atom stereocenters. The number of hydrogen-bond acceptors (Lipinski definition) is 4. The van der Waals surface area contributed by atoms with Crippen molar-refractivity contribution in [3.05, 3.63) is 38.5 Å². The predicted molar refractivity (Wildman–Crippen MR) is 76.2 cm³/mol. The van der Waals surface area contributed by atoms with Gasteiger partial charge in [0.25, 0.3) is 5.91 Å². The Kier molecular flexibility index (Phi) is 3.77. The monoisotopic (exact) mass is 329 g/mol. The highest BCUT2D eigenvalue weighted by Crippen LogP contribution is 2.34. The number of carbonyl (C=O) groups excluding carboxylic acids is 1. The van der Waals surface area contributed by atoms with Gasteiger partial charge >= 0.3 is 0 Å². The summed E-state index contributed by atoms with van der Waals surface area (Å²) in [5, 5.41) is 13.5. The summed E-state index contributed by atoms with van der Waals surface area (Å²) in [6.07, 6.45) is 0. The summed E-state index contributed by atoms with van der Waals surface area (Å²) in [4.78, 5) is 11.3. The fourth-order valence-corrected chi connectivity index (χ4v) is 2.60. The fraction of sp³-hybridized carbons (Fsp3) is 0.